The minimum Gasteiger partial charge on any atom is -0.459 e. The number of ketones is 12. The van der Waals surface area contributed by atoms with Gasteiger partial charge in [0.1, 0.15) is 51.2 Å². The Morgan fingerprint density at radius 3 is 1.13 bits per heavy atom. The van der Waals surface area contributed by atoms with Crippen LogP contribution in [-0.2, 0) is 38.6 Å². The number of nitrogens with two attached hydrogens (primary N) is 1. The first-order valence-electron chi connectivity index (χ1n) is 38.2. The third-order valence-electron chi connectivity index (χ3n) is 19.8. The molecule has 6 aromatic carbocycles. The molecule has 20 rings (SSSR count). The first-order chi connectivity index (χ1) is 57.2. The summed E-state index contributed by atoms with van der Waals surface area (Å²) in [5.41, 5.74) is 9.05. The Hall–Kier alpha value is -14.6. The number of hydrogen-bond acceptors (Lipinski definition) is 29. The lowest BCUT2D eigenvalue weighted by Crippen LogP contribution is -2.28. The summed E-state index contributed by atoms with van der Waals surface area (Å²) in [5, 5.41) is 48.9. The minimum atomic E-state index is -0.714. The third-order valence-corrected chi connectivity index (χ3v) is 19.8. The number of esters is 1. The number of rotatable bonds is 8. The highest BCUT2D eigenvalue weighted by atomic mass is 16.6. The molecule has 119 heavy (non-hydrogen) atoms. The molecular formula is C84H73N19O16. The predicted octanol–water partition coefficient (Wildman–Crippen LogP) is 9.71. The SMILES string of the molecule is CC(C)(C)OC(=O)Cn1nc2c(n1)-c1ccccc1C(=O)C2=O.CC(C)Cn1nc2c(n1)-c1ccccc1C(=O)C2=O.CC(C)Cn1nnc2c1C(=O)C(=O)c1ccccc1-2.Nn1nnc2c1C(=O)C(=O)c1ccccc1-2.O=C1C(=O)c2c(nnn2C2CCCCO2)-c2ccccc21.O=C1C(=O)c2nn(C3CCCCO3)nc2-c2ccccc21. The van der Waals surface area contributed by atoms with Gasteiger partial charge in [-0.3, -0.25) is 57.5 Å². The van der Waals surface area contributed by atoms with Crippen LogP contribution in [0.2, 0.25) is 0 Å². The molecule has 0 spiro atoms. The van der Waals surface area contributed by atoms with Crippen LogP contribution < -0.4 is 5.84 Å². The summed E-state index contributed by atoms with van der Waals surface area (Å²) in [6.45, 7) is 15.7. The molecule has 600 valence electrons. The first kappa shape index (κ1) is 79.6. The van der Waals surface area contributed by atoms with Gasteiger partial charge in [0.15, 0.2) is 41.8 Å². The Labute approximate surface area is 675 Å². The zero-order valence-corrected chi connectivity index (χ0v) is 65.1. The number of nitrogens with zero attached hydrogens (tertiary/aromatic N) is 18. The van der Waals surface area contributed by atoms with Crippen LogP contribution in [0.25, 0.3) is 67.5 Å². The largest absolute Gasteiger partial charge is 0.459 e. The van der Waals surface area contributed by atoms with Crippen LogP contribution in [0.1, 0.15) is 225 Å². The molecule has 2 aliphatic heterocycles. The average Bonchev–Trinajstić information content (AvgIpc) is 1.71. The summed E-state index contributed by atoms with van der Waals surface area (Å²) in [7, 11) is 0. The average molecular weight is 1600 g/mol. The van der Waals surface area contributed by atoms with Crippen LogP contribution in [0.4, 0.5) is 0 Å². The van der Waals surface area contributed by atoms with Crippen molar-refractivity contribution in [1.29, 1.82) is 0 Å². The fourth-order valence-electron chi connectivity index (χ4n) is 14.4. The van der Waals surface area contributed by atoms with E-state index in [0.717, 1.165) is 48.1 Å². The Balaban J connectivity index is 0.000000112. The predicted molar refractivity (Wildman–Crippen MR) is 418 cm³/mol. The van der Waals surface area contributed by atoms with Gasteiger partial charge in [0.05, 0.1) is 6.54 Å². The highest BCUT2D eigenvalue weighted by Gasteiger charge is 2.42. The fraction of sp³-hybridized carbons (Fsp3) is 0.274. The van der Waals surface area contributed by atoms with Gasteiger partial charge < -0.3 is 20.1 Å². The van der Waals surface area contributed by atoms with Gasteiger partial charge in [-0.1, -0.05) is 184 Å². The molecule has 35 nitrogen and oxygen atoms in total. The molecule has 8 aliphatic rings. The standard InChI is InChI=1S/C16H15N3O4.2C15H13N3O3.2C14H13N3O2.C10H6N4O2/c1-16(2,3)23-11(20)8-19-17-12-9-6-4-5-7-10(9)14(21)15(22)13(12)18-19;19-14-10-6-2-1-5-9(10)12-13(15(14)20)18(17-16-12)11-7-3-4-8-21-11;19-14-10-6-2-1-5-9(10)12-13(15(14)20)17-18(16-12)11-7-3-4-8-21-11;1-8(2)7-17-12-11(15-16-17)9-5-3-4-6-10(9)13(18)14(12)19;1-8(2)7-17-15-11-9-5-3-4-6-10(9)13(18)14(19)12(11)16-17;11-14-8-7(12-13-14)5-3-1-2-4-6(5)9(15)10(8)16/h4-7H,8H2,1-3H3;2*1-2,5-6,11H,3-4,7-8H2;2*3-6,8H,7H2,1-2H3;1-4H,11H2. The summed E-state index contributed by atoms with van der Waals surface area (Å²) >= 11 is 0. The van der Waals surface area contributed by atoms with Crippen molar-refractivity contribution in [3.05, 3.63) is 213 Å². The maximum atomic E-state index is 12.4. The molecule has 35 heteroatoms. The summed E-state index contributed by atoms with van der Waals surface area (Å²) in [4.78, 5) is 162. The number of ether oxygens (including phenoxy) is 3. The molecule has 0 bridgehead atoms. The number of aromatic nitrogens is 18. The molecule has 2 atom stereocenters. The molecule has 6 aromatic heterocycles. The van der Waals surface area contributed by atoms with E-state index in [0.29, 0.717) is 145 Å². The smallest absolute Gasteiger partial charge is 0.330 e. The Bertz CT molecular complexity index is 6170. The number of Topliss-reactive ketones (excluding diaryl/α,β-unsaturated/α-hetero) is 12. The normalized spacial score (nSPS) is 16.2. The summed E-state index contributed by atoms with van der Waals surface area (Å²) in [6, 6.07) is 41.5. The van der Waals surface area contributed by atoms with E-state index in [1.165, 1.54) is 19.0 Å². The molecule has 0 amide bonds. The van der Waals surface area contributed by atoms with E-state index in [9.17, 15) is 62.3 Å². The van der Waals surface area contributed by atoms with E-state index in [1.807, 2.05) is 52.0 Å². The topological polar surface area (TPSA) is 460 Å². The van der Waals surface area contributed by atoms with Crippen molar-refractivity contribution in [1.82, 2.24) is 90.1 Å². The van der Waals surface area contributed by atoms with Gasteiger partial charge in [-0.25, -0.2) is 14.2 Å². The third kappa shape index (κ3) is 15.3. The van der Waals surface area contributed by atoms with Crippen molar-refractivity contribution in [2.24, 2.45) is 11.8 Å². The van der Waals surface area contributed by atoms with Gasteiger partial charge in [0, 0.05) is 86.5 Å². The van der Waals surface area contributed by atoms with Crippen molar-refractivity contribution in [2.75, 3.05) is 19.1 Å². The van der Waals surface area contributed by atoms with Crippen molar-refractivity contribution in [3.63, 3.8) is 0 Å². The van der Waals surface area contributed by atoms with Crippen molar-refractivity contribution in [2.45, 2.75) is 125 Å². The second-order valence-electron chi connectivity index (χ2n) is 30.3. The maximum absolute atomic E-state index is 12.4. The molecule has 2 fully saturated rings. The monoisotopic (exact) mass is 1600 g/mol. The second-order valence-corrected chi connectivity index (χ2v) is 30.3. The number of nitrogen functional groups attached to an aromatic ring is 1. The lowest BCUT2D eigenvalue weighted by atomic mass is 9.90. The van der Waals surface area contributed by atoms with E-state index in [-0.39, 0.29) is 47.5 Å². The Morgan fingerprint density at radius 2 is 0.706 bits per heavy atom. The van der Waals surface area contributed by atoms with Gasteiger partial charge >= 0.3 is 5.97 Å². The van der Waals surface area contributed by atoms with Crippen molar-refractivity contribution >= 4 is 75.4 Å². The molecule has 2 saturated heterocycles. The number of carbonyl (C=O) groups is 13. The number of carbonyl (C=O) groups excluding carboxylic acids is 13. The van der Waals surface area contributed by atoms with E-state index < -0.39 is 81.0 Å². The Morgan fingerprint density at radius 1 is 0.378 bits per heavy atom. The van der Waals surface area contributed by atoms with E-state index >= 15 is 0 Å². The highest BCUT2D eigenvalue weighted by Crippen LogP contribution is 2.39. The number of hydrogen-bond donors (Lipinski definition) is 1. The number of fused-ring (bicyclic) bond motifs is 18. The van der Waals surface area contributed by atoms with Crippen molar-refractivity contribution < 1.29 is 76.5 Å². The minimum absolute atomic E-state index is 0.0303. The van der Waals surface area contributed by atoms with Crippen LogP contribution >= 0.6 is 0 Å². The summed E-state index contributed by atoms with van der Waals surface area (Å²) in [5.74, 6) is -1.17. The van der Waals surface area contributed by atoms with Crippen LogP contribution in [0.5, 0.6) is 0 Å². The maximum Gasteiger partial charge on any atom is 0.330 e. The van der Waals surface area contributed by atoms with Crippen LogP contribution in [0, 0.1) is 11.8 Å². The van der Waals surface area contributed by atoms with Gasteiger partial charge in [0.2, 0.25) is 34.7 Å². The summed E-state index contributed by atoms with van der Waals surface area (Å²) in [6.07, 6.45) is 5.12. The van der Waals surface area contributed by atoms with E-state index in [4.69, 9.17) is 20.1 Å². The molecule has 8 heterocycles. The lowest BCUT2D eigenvalue weighted by molar-refractivity contribution is -0.156. The quantitative estimate of drug-likeness (QED) is 0.0839. The van der Waals surface area contributed by atoms with Gasteiger partial charge in [-0.2, -0.15) is 29.4 Å². The highest BCUT2D eigenvalue weighted by molar-refractivity contribution is 6.55. The zero-order valence-electron chi connectivity index (χ0n) is 65.1. The molecule has 12 aromatic rings. The summed E-state index contributed by atoms with van der Waals surface area (Å²) < 4.78 is 19.5. The Kier molecular flexibility index (Phi) is 21.8. The van der Waals surface area contributed by atoms with E-state index in [1.54, 1.807) is 142 Å². The zero-order chi connectivity index (χ0) is 84.0. The fourth-order valence-corrected chi connectivity index (χ4v) is 14.4. The van der Waals surface area contributed by atoms with Crippen LogP contribution in [0.3, 0.4) is 0 Å². The lowest BCUT2D eigenvalue weighted by Gasteiger charge is -2.24. The molecule has 6 aliphatic carbocycles. The van der Waals surface area contributed by atoms with Gasteiger partial charge in [-0.05, 0) is 76.3 Å². The van der Waals surface area contributed by atoms with Gasteiger partial charge in [-0.15, -0.1) is 35.7 Å². The number of benzene rings is 6. The molecule has 0 radical (unpaired) electrons. The first-order valence-corrected chi connectivity index (χ1v) is 38.2. The molecule has 2 N–H and O–H groups in total. The molecule has 2 unspecified atom stereocenters. The van der Waals surface area contributed by atoms with E-state index in [2.05, 4.69) is 61.5 Å². The molecular weight excluding hydrogens is 1530 g/mol. The van der Waals surface area contributed by atoms with Gasteiger partial charge in [0.25, 0.3) is 34.7 Å². The van der Waals surface area contributed by atoms with Crippen LogP contribution in [0.15, 0.2) is 146 Å². The second kappa shape index (κ2) is 32.6. The van der Waals surface area contributed by atoms with Crippen molar-refractivity contribution in [3.8, 4) is 67.5 Å². The molecule has 0 saturated carbocycles. The van der Waals surface area contributed by atoms with Crippen LogP contribution in [-0.4, -0.2) is 184 Å².